The second-order valence-electron chi connectivity index (χ2n) is 7.20. The fourth-order valence-electron chi connectivity index (χ4n) is 3.91. The molecule has 1 saturated carbocycles. The summed E-state index contributed by atoms with van der Waals surface area (Å²) in [6.45, 7) is 5.72. The Balaban J connectivity index is 1.75. The normalized spacial score (nSPS) is 30.5. The first-order valence-electron chi connectivity index (χ1n) is 9.09. The molecule has 0 bridgehead atoms. The van der Waals surface area contributed by atoms with Gasteiger partial charge in [0.1, 0.15) is 16.7 Å². The van der Waals surface area contributed by atoms with Crippen LogP contribution in [0, 0.1) is 5.92 Å². The molecule has 5 nitrogen and oxygen atoms in total. The zero-order valence-electron chi connectivity index (χ0n) is 14.2. The summed E-state index contributed by atoms with van der Waals surface area (Å²) in [6, 6.07) is 7.07. The molecule has 3 aliphatic rings. The molecule has 2 fully saturated rings. The molecule has 1 aliphatic carbocycles. The first-order valence-corrected chi connectivity index (χ1v) is 10.5. The van der Waals surface area contributed by atoms with Crippen molar-refractivity contribution in [2.24, 2.45) is 5.92 Å². The molecule has 0 aromatic heterocycles. The quantitative estimate of drug-likeness (QED) is 0.840. The maximum Gasteiger partial charge on any atom is 0.247 e. The predicted octanol–water partition coefficient (Wildman–Crippen LogP) is 2.33. The molecule has 2 aliphatic heterocycles. The lowest BCUT2D eigenvalue weighted by Gasteiger charge is -2.31. The van der Waals surface area contributed by atoms with Crippen LogP contribution in [-0.2, 0) is 10.0 Å². The van der Waals surface area contributed by atoms with Crippen molar-refractivity contribution in [3.05, 3.63) is 24.3 Å². The molecule has 24 heavy (non-hydrogen) atoms. The van der Waals surface area contributed by atoms with Gasteiger partial charge in [-0.2, -0.15) is 4.31 Å². The standard InChI is InChI=1S/C18H26N2O3S/c1-2-19-11-9-15-16(10-12-19)23-17-5-3-4-6-18(17)24(21,22)20(15)13-14-7-8-14/h3-6,14-16H,2,7-13H2,1H3/t15-,16-/m1/s1. The van der Waals surface area contributed by atoms with Gasteiger partial charge in [-0.1, -0.05) is 19.1 Å². The highest BCUT2D eigenvalue weighted by molar-refractivity contribution is 7.89. The summed E-state index contributed by atoms with van der Waals surface area (Å²) < 4.78 is 34.7. The number of likely N-dealkylation sites (tertiary alicyclic amines) is 1. The highest BCUT2D eigenvalue weighted by atomic mass is 32.2. The van der Waals surface area contributed by atoms with E-state index in [9.17, 15) is 8.42 Å². The molecular formula is C18H26N2O3S. The molecule has 1 aromatic carbocycles. The highest BCUT2D eigenvalue weighted by Gasteiger charge is 2.44. The Kier molecular flexibility index (Phi) is 4.31. The minimum atomic E-state index is -3.50. The van der Waals surface area contributed by atoms with Crippen LogP contribution in [0.5, 0.6) is 5.75 Å². The van der Waals surface area contributed by atoms with Crippen molar-refractivity contribution in [2.75, 3.05) is 26.2 Å². The van der Waals surface area contributed by atoms with E-state index < -0.39 is 10.0 Å². The minimum absolute atomic E-state index is 0.0560. The fourth-order valence-corrected chi connectivity index (χ4v) is 5.79. The van der Waals surface area contributed by atoms with Crippen LogP contribution in [0.4, 0.5) is 0 Å². The molecule has 132 valence electrons. The monoisotopic (exact) mass is 350 g/mol. The van der Waals surface area contributed by atoms with Gasteiger partial charge in [-0.3, -0.25) is 0 Å². The SMILES string of the molecule is CCN1CC[C@@H]2[C@@H](CC1)Oc1ccccc1S(=O)(=O)N2CC1CC1. The van der Waals surface area contributed by atoms with E-state index in [0.29, 0.717) is 23.1 Å². The summed E-state index contributed by atoms with van der Waals surface area (Å²) in [6.07, 6.45) is 3.96. The van der Waals surface area contributed by atoms with Crippen LogP contribution < -0.4 is 4.74 Å². The number of rotatable bonds is 3. The number of fused-ring (bicyclic) bond motifs is 2. The number of sulfonamides is 1. The van der Waals surface area contributed by atoms with Gasteiger partial charge < -0.3 is 9.64 Å². The third-order valence-corrected chi connectivity index (χ3v) is 7.50. The Bertz CT molecular complexity index is 702. The van der Waals surface area contributed by atoms with E-state index in [1.54, 1.807) is 22.5 Å². The smallest absolute Gasteiger partial charge is 0.247 e. The lowest BCUT2D eigenvalue weighted by atomic mass is 10.1. The molecule has 4 rings (SSSR count). The zero-order valence-corrected chi connectivity index (χ0v) is 15.0. The molecule has 0 unspecified atom stereocenters. The number of hydrogen-bond acceptors (Lipinski definition) is 4. The largest absolute Gasteiger partial charge is 0.487 e. The van der Waals surface area contributed by atoms with Crippen molar-refractivity contribution in [3.63, 3.8) is 0 Å². The van der Waals surface area contributed by atoms with Crippen LogP contribution in [-0.4, -0.2) is 55.9 Å². The van der Waals surface area contributed by atoms with Gasteiger partial charge in [-0.25, -0.2) is 8.42 Å². The summed E-state index contributed by atoms with van der Waals surface area (Å²) in [5.74, 6) is 1.05. The van der Waals surface area contributed by atoms with E-state index in [-0.39, 0.29) is 12.1 Å². The number of benzene rings is 1. The predicted molar refractivity (Wildman–Crippen MR) is 92.6 cm³/mol. The van der Waals surface area contributed by atoms with Crippen LogP contribution >= 0.6 is 0 Å². The molecule has 2 heterocycles. The number of nitrogens with zero attached hydrogens (tertiary/aromatic N) is 2. The van der Waals surface area contributed by atoms with Gasteiger partial charge in [0.2, 0.25) is 10.0 Å². The van der Waals surface area contributed by atoms with Crippen molar-refractivity contribution in [1.29, 1.82) is 0 Å². The van der Waals surface area contributed by atoms with Gasteiger partial charge >= 0.3 is 0 Å². The second kappa shape index (κ2) is 6.32. The highest BCUT2D eigenvalue weighted by Crippen LogP contribution is 2.39. The van der Waals surface area contributed by atoms with Crippen molar-refractivity contribution >= 4 is 10.0 Å². The Morgan fingerprint density at radius 2 is 1.88 bits per heavy atom. The first kappa shape index (κ1) is 16.4. The van der Waals surface area contributed by atoms with Crippen molar-refractivity contribution in [1.82, 2.24) is 9.21 Å². The van der Waals surface area contributed by atoms with E-state index >= 15 is 0 Å². The van der Waals surface area contributed by atoms with Crippen LogP contribution in [0.1, 0.15) is 32.6 Å². The summed E-state index contributed by atoms with van der Waals surface area (Å²) in [7, 11) is -3.50. The lowest BCUT2D eigenvalue weighted by molar-refractivity contribution is 0.111. The van der Waals surface area contributed by atoms with Crippen molar-refractivity contribution < 1.29 is 13.2 Å². The van der Waals surface area contributed by atoms with Crippen LogP contribution in [0.25, 0.3) is 0 Å². The Morgan fingerprint density at radius 3 is 2.62 bits per heavy atom. The van der Waals surface area contributed by atoms with Crippen LogP contribution in [0.15, 0.2) is 29.2 Å². The second-order valence-corrected chi connectivity index (χ2v) is 9.06. The lowest BCUT2D eigenvalue weighted by Crippen LogP contribution is -2.48. The maximum atomic E-state index is 13.3. The van der Waals surface area contributed by atoms with E-state index in [2.05, 4.69) is 11.8 Å². The van der Waals surface area contributed by atoms with E-state index in [4.69, 9.17) is 4.74 Å². The maximum absolute atomic E-state index is 13.3. The molecule has 0 spiro atoms. The average molecular weight is 350 g/mol. The molecule has 0 N–H and O–H groups in total. The summed E-state index contributed by atoms with van der Waals surface area (Å²) in [4.78, 5) is 2.73. The van der Waals surface area contributed by atoms with Gasteiger partial charge in [-0.05, 0) is 56.8 Å². The van der Waals surface area contributed by atoms with E-state index in [1.165, 1.54) is 0 Å². The Hall–Kier alpha value is -1.11. The number of ether oxygens (including phenoxy) is 1. The van der Waals surface area contributed by atoms with E-state index in [0.717, 1.165) is 45.3 Å². The summed E-state index contributed by atoms with van der Waals surface area (Å²) in [5, 5.41) is 0. The topological polar surface area (TPSA) is 49.9 Å². The first-order chi connectivity index (χ1) is 11.6. The number of para-hydroxylation sites is 1. The molecular weight excluding hydrogens is 324 g/mol. The average Bonchev–Trinajstić information content (AvgIpc) is 3.40. The third kappa shape index (κ3) is 2.95. The fraction of sp³-hybridized carbons (Fsp3) is 0.667. The molecule has 0 amide bonds. The van der Waals surface area contributed by atoms with Gasteiger partial charge in [-0.15, -0.1) is 0 Å². The van der Waals surface area contributed by atoms with Crippen molar-refractivity contribution in [3.8, 4) is 5.75 Å². The van der Waals surface area contributed by atoms with Crippen LogP contribution in [0.3, 0.4) is 0 Å². The van der Waals surface area contributed by atoms with Gasteiger partial charge in [0, 0.05) is 13.1 Å². The van der Waals surface area contributed by atoms with Gasteiger partial charge in [0.25, 0.3) is 0 Å². The third-order valence-electron chi connectivity index (χ3n) is 5.57. The Labute approximate surface area is 144 Å². The molecule has 6 heteroatoms. The molecule has 1 aromatic rings. The minimum Gasteiger partial charge on any atom is -0.487 e. The molecule has 1 saturated heterocycles. The van der Waals surface area contributed by atoms with E-state index in [1.807, 2.05) is 6.07 Å². The summed E-state index contributed by atoms with van der Waals surface area (Å²) >= 11 is 0. The van der Waals surface area contributed by atoms with Crippen LogP contribution in [0.2, 0.25) is 0 Å². The number of hydrogen-bond donors (Lipinski definition) is 0. The Morgan fingerprint density at radius 1 is 1.12 bits per heavy atom. The van der Waals surface area contributed by atoms with Crippen molar-refractivity contribution in [2.45, 2.75) is 49.6 Å². The van der Waals surface area contributed by atoms with Gasteiger partial charge in [0.15, 0.2) is 0 Å². The van der Waals surface area contributed by atoms with Gasteiger partial charge in [0.05, 0.1) is 6.04 Å². The molecule has 0 radical (unpaired) electrons. The molecule has 2 atom stereocenters. The summed E-state index contributed by atoms with van der Waals surface area (Å²) in [5.41, 5.74) is 0. The zero-order chi connectivity index (χ0) is 16.7.